The molecule has 0 spiro atoms. The highest BCUT2D eigenvalue weighted by molar-refractivity contribution is 4.99. The first-order valence-corrected chi connectivity index (χ1v) is 7.26. The van der Waals surface area contributed by atoms with Gasteiger partial charge in [-0.1, -0.05) is 52.4 Å². The molecule has 1 heterocycles. The highest BCUT2D eigenvalue weighted by Gasteiger charge is 2.14. The lowest BCUT2D eigenvalue weighted by Crippen LogP contribution is -2.06. The van der Waals surface area contributed by atoms with Crippen LogP contribution in [0, 0.1) is 0 Å². The maximum absolute atomic E-state index is 4.53. The van der Waals surface area contributed by atoms with E-state index in [1.165, 1.54) is 57.2 Å². The molecule has 0 aliphatic rings. The molecule has 2 heteroatoms. The zero-order valence-electron chi connectivity index (χ0n) is 11.8. The number of imidazole rings is 1. The molecule has 0 fully saturated rings. The van der Waals surface area contributed by atoms with Crippen molar-refractivity contribution in [1.29, 1.82) is 0 Å². The molecule has 2 nitrogen and oxygen atoms in total. The Morgan fingerprint density at radius 2 is 1.76 bits per heavy atom. The summed E-state index contributed by atoms with van der Waals surface area (Å²) in [6.45, 7) is 4.54. The minimum atomic E-state index is 0.673. The molecule has 0 radical (unpaired) electrons. The Kier molecular flexibility index (Phi) is 6.99. The van der Waals surface area contributed by atoms with Crippen molar-refractivity contribution in [3.63, 3.8) is 0 Å². The molecule has 0 aliphatic heterocycles. The standard InChI is InChI=1S/C15H28N2/c1-4-6-8-9-11-14(10-7-5-2)15-16-12-13-17(15)3/h12-14H,4-11H2,1-3H3. The molecule has 0 N–H and O–H groups in total. The smallest absolute Gasteiger partial charge is 0.111 e. The summed E-state index contributed by atoms with van der Waals surface area (Å²) in [6.07, 6.45) is 14.7. The first-order chi connectivity index (χ1) is 8.29. The van der Waals surface area contributed by atoms with Gasteiger partial charge < -0.3 is 4.57 Å². The largest absolute Gasteiger partial charge is 0.338 e. The highest BCUT2D eigenvalue weighted by Crippen LogP contribution is 2.26. The number of aromatic nitrogens is 2. The second-order valence-corrected chi connectivity index (χ2v) is 5.08. The van der Waals surface area contributed by atoms with Gasteiger partial charge >= 0.3 is 0 Å². The van der Waals surface area contributed by atoms with E-state index in [9.17, 15) is 0 Å². The molecule has 0 amide bonds. The van der Waals surface area contributed by atoms with Gasteiger partial charge in [-0.15, -0.1) is 0 Å². The maximum atomic E-state index is 4.53. The second-order valence-electron chi connectivity index (χ2n) is 5.08. The van der Waals surface area contributed by atoms with Gasteiger partial charge in [0.2, 0.25) is 0 Å². The molecule has 0 bridgehead atoms. The predicted molar refractivity (Wildman–Crippen MR) is 74.2 cm³/mol. The molecule has 1 atom stereocenters. The summed E-state index contributed by atoms with van der Waals surface area (Å²) >= 11 is 0. The molecule has 0 aliphatic carbocycles. The van der Waals surface area contributed by atoms with Crippen molar-refractivity contribution in [3.05, 3.63) is 18.2 Å². The zero-order valence-corrected chi connectivity index (χ0v) is 11.8. The van der Waals surface area contributed by atoms with Crippen LogP contribution in [0.25, 0.3) is 0 Å². The summed E-state index contributed by atoms with van der Waals surface area (Å²) in [5.74, 6) is 1.96. The molecular formula is C15H28N2. The van der Waals surface area contributed by atoms with Crippen molar-refractivity contribution in [1.82, 2.24) is 9.55 Å². The lowest BCUT2D eigenvalue weighted by Gasteiger charge is -2.16. The van der Waals surface area contributed by atoms with E-state index >= 15 is 0 Å². The number of unbranched alkanes of at least 4 members (excludes halogenated alkanes) is 4. The van der Waals surface area contributed by atoms with Gasteiger partial charge in [0.05, 0.1) is 0 Å². The fourth-order valence-electron chi connectivity index (χ4n) is 2.44. The lowest BCUT2D eigenvalue weighted by atomic mass is 9.94. The SMILES string of the molecule is CCCCCCC(CCCC)c1nccn1C. The van der Waals surface area contributed by atoms with Gasteiger partial charge in [-0.25, -0.2) is 4.98 Å². The number of aryl methyl sites for hydroxylation is 1. The lowest BCUT2D eigenvalue weighted by molar-refractivity contribution is 0.480. The summed E-state index contributed by atoms with van der Waals surface area (Å²) in [7, 11) is 2.12. The topological polar surface area (TPSA) is 17.8 Å². The molecule has 17 heavy (non-hydrogen) atoms. The van der Waals surface area contributed by atoms with Crippen LogP contribution >= 0.6 is 0 Å². The van der Waals surface area contributed by atoms with Crippen LogP contribution in [0.3, 0.4) is 0 Å². The van der Waals surface area contributed by atoms with Crippen LogP contribution < -0.4 is 0 Å². The Bertz CT molecular complexity index is 291. The maximum Gasteiger partial charge on any atom is 0.111 e. The monoisotopic (exact) mass is 236 g/mol. The van der Waals surface area contributed by atoms with E-state index in [1.807, 2.05) is 6.20 Å². The van der Waals surface area contributed by atoms with Gasteiger partial charge in [0.25, 0.3) is 0 Å². The Balaban J connectivity index is 2.46. The Morgan fingerprint density at radius 1 is 1.06 bits per heavy atom. The molecular weight excluding hydrogens is 208 g/mol. The normalized spacial score (nSPS) is 12.9. The second kappa shape index (κ2) is 8.32. The number of rotatable bonds is 9. The summed E-state index contributed by atoms with van der Waals surface area (Å²) in [5, 5.41) is 0. The minimum absolute atomic E-state index is 0.673. The van der Waals surface area contributed by atoms with Crippen molar-refractivity contribution in [2.45, 2.75) is 71.1 Å². The molecule has 1 rings (SSSR count). The van der Waals surface area contributed by atoms with Crippen LogP contribution in [0.5, 0.6) is 0 Å². The first-order valence-electron chi connectivity index (χ1n) is 7.26. The average Bonchev–Trinajstić information content (AvgIpc) is 2.75. The highest BCUT2D eigenvalue weighted by atomic mass is 15.0. The van der Waals surface area contributed by atoms with E-state index in [4.69, 9.17) is 0 Å². The van der Waals surface area contributed by atoms with E-state index in [0.29, 0.717) is 5.92 Å². The molecule has 1 aromatic rings. The van der Waals surface area contributed by atoms with Crippen molar-refractivity contribution in [2.75, 3.05) is 0 Å². The molecule has 1 unspecified atom stereocenters. The number of hydrogen-bond donors (Lipinski definition) is 0. The summed E-state index contributed by atoms with van der Waals surface area (Å²) in [4.78, 5) is 4.53. The Morgan fingerprint density at radius 3 is 2.35 bits per heavy atom. The predicted octanol–water partition coefficient (Wildman–Crippen LogP) is 4.66. The molecule has 0 saturated carbocycles. The van der Waals surface area contributed by atoms with Gasteiger partial charge in [0.1, 0.15) is 5.82 Å². The van der Waals surface area contributed by atoms with Gasteiger partial charge in [-0.05, 0) is 12.8 Å². The third-order valence-corrected chi connectivity index (χ3v) is 3.54. The van der Waals surface area contributed by atoms with Crippen molar-refractivity contribution in [2.24, 2.45) is 7.05 Å². The Labute approximate surface area is 106 Å². The van der Waals surface area contributed by atoms with E-state index in [-0.39, 0.29) is 0 Å². The Hall–Kier alpha value is -0.790. The molecule has 0 saturated heterocycles. The summed E-state index contributed by atoms with van der Waals surface area (Å²) < 4.78 is 2.19. The van der Waals surface area contributed by atoms with Crippen LogP contribution in [0.2, 0.25) is 0 Å². The third kappa shape index (κ3) is 4.93. The fraction of sp³-hybridized carbons (Fsp3) is 0.800. The minimum Gasteiger partial charge on any atom is -0.338 e. The number of nitrogens with zero attached hydrogens (tertiary/aromatic N) is 2. The molecule has 1 aromatic heterocycles. The van der Waals surface area contributed by atoms with Crippen LogP contribution in [0.4, 0.5) is 0 Å². The van der Waals surface area contributed by atoms with Crippen molar-refractivity contribution >= 4 is 0 Å². The van der Waals surface area contributed by atoms with Gasteiger partial charge in [0, 0.05) is 25.4 Å². The van der Waals surface area contributed by atoms with Crippen LogP contribution in [0.1, 0.15) is 77.0 Å². The third-order valence-electron chi connectivity index (χ3n) is 3.54. The van der Waals surface area contributed by atoms with E-state index < -0.39 is 0 Å². The van der Waals surface area contributed by atoms with Crippen LogP contribution in [-0.4, -0.2) is 9.55 Å². The molecule has 98 valence electrons. The zero-order chi connectivity index (χ0) is 12.5. The van der Waals surface area contributed by atoms with Crippen molar-refractivity contribution < 1.29 is 0 Å². The van der Waals surface area contributed by atoms with Crippen molar-refractivity contribution in [3.8, 4) is 0 Å². The van der Waals surface area contributed by atoms with E-state index in [0.717, 1.165) is 0 Å². The summed E-state index contributed by atoms with van der Waals surface area (Å²) in [5.41, 5.74) is 0. The first kappa shape index (κ1) is 14.3. The number of hydrogen-bond acceptors (Lipinski definition) is 1. The molecule has 0 aromatic carbocycles. The average molecular weight is 236 g/mol. The van der Waals surface area contributed by atoms with Gasteiger partial charge in [-0.2, -0.15) is 0 Å². The fourth-order valence-corrected chi connectivity index (χ4v) is 2.44. The van der Waals surface area contributed by atoms with E-state index in [2.05, 4.69) is 36.6 Å². The van der Waals surface area contributed by atoms with Gasteiger partial charge in [-0.3, -0.25) is 0 Å². The van der Waals surface area contributed by atoms with E-state index in [1.54, 1.807) is 0 Å². The van der Waals surface area contributed by atoms with Crippen LogP contribution in [0.15, 0.2) is 12.4 Å². The summed E-state index contributed by atoms with van der Waals surface area (Å²) in [6, 6.07) is 0. The van der Waals surface area contributed by atoms with Crippen LogP contribution in [-0.2, 0) is 7.05 Å². The quantitative estimate of drug-likeness (QED) is 0.570. The van der Waals surface area contributed by atoms with Gasteiger partial charge in [0.15, 0.2) is 0 Å².